The molecule has 0 aromatic heterocycles. The van der Waals surface area contributed by atoms with Crippen molar-refractivity contribution in [2.75, 3.05) is 64.5 Å². The van der Waals surface area contributed by atoms with Gasteiger partial charge in [0.15, 0.2) is 0 Å². The molecule has 0 bridgehead atoms. The molecular formula is C49H66N4O4. The average molecular weight is 775 g/mol. The van der Waals surface area contributed by atoms with Crippen LogP contribution < -0.4 is 26.0 Å². The fourth-order valence-electron chi connectivity index (χ4n) is 6.07. The molecule has 0 aliphatic carbocycles. The Labute approximate surface area is 342 Å². The first-order valence-corrected chi connectivity index (χ1v) is 20.9. The Bertz CT molecular complexity index is 1360. The van der Waals surface area contributed by atoms with Gasteiger partial charge in [-0.3, -0.25) is 0 Å². The Morgan fingerprint density at radius 3 is 1.70 bits per heavy atom. The molecule has 4 N–H and O–H groups in total. The zero-order chi connectivity index (χ0) is 39.5. The van der Waals surface area contributed by atoms with E-state index in [-0.39, 0.29) is 0 Å². The summed E-state index contributed by atoms with van der Waals surface area (Å²) < 4.78 is 20.0. The van der Waals surface area contributed by atoms with Gasteiger partial charge in [0.1, 0.15) is 12.4 Å². The second-order valence-corrected chi connectivity index (χ2v) is 13.7. The summed E-state index contributed by atoms with van der Waals surface area (Å²) in [4.78, 5) is 0. The summed E-state index contributed by atoms with van der Waals surface area (Å²) >= 11 is 0. The van der Waals surface area contributed by atoms with Crippen molar-refractivity contribution in [3.8, 4) is 5.75 Å². The van der Waals surface area contributed by atoms with Crippen LogP contribution in [0.15, 0.2) is 146 Å². The number of para-hydroxylation sites is 2. The molecule has 0 saturated heterocycles. The van der Waals surface area contributed by atoms with Crippen LogP contribution in [0, 0.1) is 0 Å². The number of hydrogen-bond donors (Lipinski definition) is 4. The maximum Gasteiger partial charge on any atom is 0.122 e. The topological polar surface area (TPSA) is 85.0 Å². The number of fused-ring (bicyclic) bond motifs is 3. The van der Waals surface area contributed by atoms with Gasteiger partial charge in [0.05, 0.1) is 39.0 Å². The molecule has 3 aromatic carbocycles. The summed E-state index contributed by atoms with van der Waals surface area (Å²) in [7, 11) is 0. The number of ether oxygens (including phenoxy) is 4. The van der Waals surface area contributed by atoms with E-state index in [1.807, 2.05) is 54.8 Å². The van der Waals surface area contributed by atoms with E-state index in [9.17, 15) is 0 Å². The van der Waals surface area contributed by atoms with Gasteiger partial charge >= 0.3 is 0 Å². The molecule has 306 valence electrons. The molecule has 0 radical (unpaired) electrons. The van der Waals surface area contributed by atoms with Gasteiger partial charge in [-0.05, 0) is 110 Å². The van der Waals surface area contributed by atoms with E-state index in [0.29, 0.717) is 0 Å². The molecule has 0 saturated carbocycles. The third-order valence-corrected chi connectivity index (χ3v) is 9.17. The van der Waals surface area contributed by atoms with Crippen molar-refractivity contribution in [1.82, 2.24) is 16.0 Å². The molecule has 0 spiro atoms. The van der Waals surface area contributed by atoms with Gasteiger partial charge in [-0.1, -0.05) is 97.1 Å². The lowest BCUT2D eigenvalue weighted by molar-refractivity contribution is 0.158. The van der Waals surface area contributed by atoms with E-state index < -0.39 is 0 Å². The van der Waals surface area contributed by atoms with Crippen molar-refractivity contribution in [2.45, 2.75) is 64.5 Å². The Hall–Kier alpha value is -5.02. The van der Waals surface area contributed by atoms with Crippen LogP contribution in [0.3, 0.4) is 0 Å². The van der Waals surface area contributed by atoms with Gasteiger partial charge in [0, 0.05) is 44.8 Å². The number of benzene rings is 3. The zero-order valence-corrected chi connectivity index (χ0v) is 33.9. The van der Waals surface area contributed by atoms with E-state index in [1.54, 1.807) is 12.5 Å². The minimum absolute atomic E-state index is 0.733. The minimum Gasteiger partial charge on any atom is -0.502 e. The molecule has 8 aliphatic rings. The van der Waals surface area contributed by atoms with Crippen molar-refractivity contribution in [1.29, 1.82) is 0 Å². The number of rotatable bonds is 0. The number of allylic oxidation sites excluding steroid dienone is 4. The van der Waals surface area contributed by atoms with Gasteiger partial charge < -0.3 is 40.2 Å². The largest absolute Gasteiger partial charge is 0.502 e. The van der Waals surface area contributed by atoms with Crippen LogP contribution in [0.1, 0.15) is 60.8 Å². The SMILES string of the molecule is C1=CCNCC1.C1=CCOC=C1.C1=CCOCC1.C1=CNCCC1.C1=COCCC1.c1ccc2c(c1)CCN2.c1ccc2c(c1)CCO2.c1ccc2c(c1)CNC2. The number of anilines is 1. The second kappa shape index (κ2) is 31.1. The Balaban J connectivity index is 0.000000146. The van der Waals surface area contributed by atoms with Crippen LogP contribution >= 0.6 is 0 Å². The van der Waals surface area contributed by atoms with Crippen LogP contribution in [-0.4, -0.2) is 59.2 Å². The van der Waals surface area contributed by atoms with Gasteiger partial charge in [0.25, 0.3) is 0 Å². The standard InChI is InChI=1S/2C8H9N.C8H8O.2C5H9N.2C5H8O.C5H6O/c1-2-4-8-6-9-5-7(8)3-1;2*1-2-4-8-7(3-1)5-6-9-8;5*1-2-4-6-5-3-1/h2*1-4,9H,5-6H2;1-4H,5-6H2;2,4,6H,1,3,5H2;1-2,6H,3-5H2;2,4H,1,3,5H2;1-2H,3-5H2;1-4H,5H2. The highest BCUT2D eigenvalue weighted by Crippen LogP contribution is 2.23. The fourth-order valence-corrected chi connectivity index (χ4v) is 6.07. The minimum atomic E-state index is 0.733. The van der Waals surface area contributed by atoms with Crippen LogP contribution in [0.5, 0.6) is 5.75 Å². The number of nitrogens with one attached hydrogen (secondary N) is 4. The molecule has 0 atom stereocenters. The van der Waals surface area contributed by atoms with Crippen molar-refractivity contribution in [2.24, 2.45) is 0 Å². The monoisotopic (exact) mass is 775 g/mol. The number of hydrogen-bond acceptors (Lipinski definition) is 8. The molecule has 8 heterocycles. The van der Waals surface area contributed by atoms with E-state index in [1.165, 1.54) is 66.5 Å². The van der Waals surface area contributed by atoms with Gasteiger partial charge in [-0.2, -0.15) is 0 Å². The molecule has 11 rings (SSSR count). The molecule has 0 fully saturated rings. The maximum atomic E-state index is 5.30. The van der Waals surface area contributed by atoms with E-state index in [2.05, 4.69) is 100 Å². The lowest BCUT2D eigenvalue weighted by Gasteiger charge is -2.02. The Kier molecular flexibility index (Phi) is 24.4. The molecule has 57 heavy (non-hydrogen) atoms. The maximum absolute atomic E-state index is 5.30. The normalized spacial score (nSPS) is 17.6. The Morgan fingerprint density at radius 2 is 1.28 bits per heavy atom. The summed E-state index contributed by atoms with van der Waals surface area (Å²) in [5, 5.41) is 12.9. The van der Waals surface area contributed by atoms with E-state index in [4.69, 9.17) is 18.9 Å². The van der Waals surface area contributed by atoms with Gasteiger partial charge in [-0.25, -0.2) is 0 Å². The first-order valence-electron chi connectivity index (χ1n) is 20.9. The highest BCUT2D eigenvalue weighted by atomic mass is 16.5. The molecule has 8 heteroatoms. The summed E-state index contributed by atoms with van der Waals surface area (Å²) in [5.41, 5.74) is 7.03. The summed E-state index contributed by atoms with van der Waals surface area (Å²) in [6, 6.07) is 25.2. The van der Waals surface area contributed by atoms with Gasteiger partial charge in [-0.15, -0.1) is 0 Å². The lowest BCUT2D eigenvalue weighted by Crippen LogP contribution is -2.17. The van der Waals surface area contributed by atoms with Crippen molar-refractivity contribution < 1.29 is 18.9 Å². The van der Waals surface area contributed by atoms with Crippen LogP contribution in [-0.2, 0) is 40.1 Å². The highest BCUT2D eigenvalue weighted by molar-refractivity contribution is 5.54. The van der Waals surface area contributed by atoms with Crippen LogP contribution in [0.2, 0.25) is 0 Å². The highest BCUT2D eigenvalue weighted by Gasteiger charge is 2.09. The fraction of sp³-hybridized carbons (Fsp3) is 0.388. The summed E-state index contributed by atoms with van der Waals surface area (Å²) in [6.45, 7) is 10.8. The second-order valence-electron chi connectivity index (χ2n) is 13.7. The molecule has 8 aliphatic heterocycles. The molecule has 0 amide bonds. The third-order valence-electron chi connectivity index (χ3n) is 9.17. The quantitative estimate of drug-likeness (QED) is 0.168. The first kappa shape index (κ1) is 44.7. The van der Waals surface area contributed by atoms with Crippen LogP contribution in [0.25, 0.3) is 0 Å². The van der Waals surface area contributed by atoms with Crippen molar-refractivity contribution in [3.63, 3.8) is 0 Å². The zero-order valence-electron chi connectivity index (χ0n) is 33.9. The predicted octanol–water partition coefficient (Wildman–Crippen LogP) is 9.35. The molecule has 8 nitrogen and oxygen atoms in total. The third kappa shape index (κ3) is 21.2. The van der Waals surface area contributed by atoms with Crippen molar-refractivity contribution in [3.05, 3.63) is 168 Å². The van der Waals surface area contributed by atoms with Gasteiger partial charge in [0.2, 0.25) is 0 Å². The molecular weight excluding hydrogens is 709 g/mol. The lowest BCUT2D eigenvalue weighted by atomic mass is 10.1. The summed E-state index contributed by atoms with van der Waals surface area (Å²) in [6.07, 6.45) is 33.5. The van der Waals surface area contributed by atoms with E-state index in [0.717, 1.165) is 90.9 Å². The van der Waals surface area contributed by atoms with Crippen LogP contribution in [0.4, 0.5) is 5.69 Å². The average Bonchev–Trinajstić information content (AvgIpc) is 4.13. The Morgan fingerprint density at radius 1 is 0.491 bits per heavy atom. The smallest absolute Gasteiger partial charge is 0.122 e. The molecule has 0 unspecified atom stereocenters. The van der Waals surface area contributed by atoms with Crippen molar-refractivity contribution >= 4 is 5.69 Å². The predicted molar refractivity (Wildman–Crippen MR) is 237 cm³/mol. The summed E-state index contributed by atoms with van der Waals surface area (Å²) in [5.74, 6) is 1.07. The molecule has 3 aromatic rings. The van der Waals surface area contributed by atoms with E-state index >= 15 is 0 Å². The first-order chi connectivity index (χ1) is 28.4.